The zero-order valence-electron chi connectivity index (χ0n) is 16.9. The van der Waals surface area contributed by atoms with Crippen LogP contribution in [-0.4, -0.2) is 75.3 Å². The summed E-state index contributed by atoms with van der Waals surface area (Å²) in [5, 5.41) is 11.0. The van der Waals surface area contributed by atoms with Gasteiger partial charge in [-0.3, -0.25) is 4.98 Å². The third-order valence-electron chi connectivity index (χ3n) is 5.78. The number of nitrogens with zero attached hydrogens (tertiary/aromatic N) is 3. The normalized spacial score (nSPS) is 21.2. The number of methoxy groups -OCH3 is 1. The first-order valence-electron chi connectivity index (χ1n) is 9.83. The molecule has 1 saturated heterocycles. The molecule has 1 fully saturated rings. The zero-order valence-corrected chi connectivity index (χ0v) is 16.9. The van der Waals surface area contributed by atoms with Gasteiger partial charge in [-0.2, -0.15) is 0 Å². The summed E-state index contributed by atoms with van der Waals surface area (Å²) >= 11 is 0. The van der Waals surface area contributed by atoms with Crippen LogP contribution in [0.15, 0.2) is 18.2 Å². The Bertz CT molecular complexity index is 844. The Labute approximate surface area is 165 Å². The van der Waals surface area contributed by atoms with E-state index in [2.05, 4.69) is 22.9 Å². The monoisotopic (exact) mass is 387 g/mol. The van der Waals surface area contributed by atoms with Gasteiger partial charge in [-0.25, -0.2) is 0 Å². The van der Waals surface area contributed by atoms with Crippen molar-refractivity contribution in [3.05, 3.63) is 23.9 Å². The standard InChI is InChI=1S/C21H29N3O4/c1-14-6-19(17-7-20-21(28-13-27-20)8-18(17)22-14)24-10-15(16(11-24)12-25)9-23(2)4-5-26-3/h6-8,15-16,25H,4-5,9-13H2,1-3H3/t15-,16-/m1/s1. The topological polar surface area (TPSA) is 67.3 Å². The molecule has 2 aromatic rings. The average Bonchev–Trinajstić information content (AvgIpc) is 3.30. The van der Waals surface area contributed by atoms with Crippen LogP contribution >= 0.6 is 0 Å². The van der Waals surface area contributed by atoms with Gasteiger partial charge in [0.25, 0.3) is 0 Å². The van der Waals surface area contributed by atoms with Gasteiger partial charge in [0.15, 0.2) is 11.5 Å². The number of aliphatic hydroxyl groups excluding tert-OH is 1. The van der Waals surface area contributed by atoms with Gasteiger partial charge < -0.3 is 29.1 Å². The van der Waals surface area contributed by atoms with E-state index in [-0.39, 0.29) is 19.3 Å². The second kappa shape index (κ2) is 8.11. The van der Waals surface area contributed by atoms with Crippen molar-refractivity contribution in [2.24, 2.45) is 11.8 Å². The summed E-state index contributed by atoms with van der Waals surface area (Å²) in [7, 11) is 3.84. The summed E-state index contributed by atoms with van der Waals surface area (Å²) < 4.78 is 16.3. The van der Waals surface area contributed by atoms with Crippen LogP contribution in [0, 0.1) is 18.8 Å². The quantitative estimate of drug-likeness (QED) is 0.778. The Morgan fingerprint density at radius 2 is 1.96 bits per heavy atom. The molecule has 0 bridgehead atoms. The third-order valence-corrected chi connectivity index (χ3v) is 5.78. The molecule has 2 atom stereocenters. The number of aromatic nitrogens is 1. The molecule has 7 nitrogen and oxygen atoms in total. The lowest BCUT2D eigenvalue weighted by Crippen LogP contribution is -2.33. The fourth-order valence-electron chi connectivity index (χ4n) is 4.28. The maximum atomic E-state index is 9.97. The molecule has 0 amide bonds. The molecule has 4 rings (SSSR count). The summed E-state index contributed by atoms with van der Waals surface area (Å²) in [5.74, 6) is 2.18. The molecule has 2 aliphatic heterocycles. The predicted octanol–water partition coefficient (Wildman–Crippen LogP) is 1.89. The van der Waals surface area contributed by atoms with Gasteiger partial charge in [0.2, 0.25) is 6.79 Å². The van der Waals surface area contributed by atoms with E-state index < -0.39 is 0 Å². The van der Waals surface area contributed by atoms with Crippen LogP contribution in [0.3, 0.4) is 0 Å². The molecule has 1 N–H and O–H groups in total. The number of aliphatic hydroxyl groups is 1. The molecule has 1 aromatic carbocycles. The van der Waals surface area contributed by atoms with Crippen molar-refractivity contribution >= 4 is 16.6 Å². The summed E-state index contributed by atoms with van der Waals surface area (Å²) in [6.45, 7) is 6.79. The largest absolute Gasteiger partial charge is 0.454 e. The van der Waals surface area contributed by atoms with Crippen LogP contribution < -0.4 is 14.4 Å². The summed E-state index contributed by atoms with van der Waals surface area (Å²) in [6.07, 6.45) is 0. The molecule has 3 heterocycles. The Morgan fingerprint density at radius 3 is 2.71 bits per heavy atom. The second-order valence-electron chi connectivity index (χ2n) is 7.87. The Kier molecular flexibility index (Phi) is 5.57. The van der Waals surface area contributed by atoms with E-state index in [0.29, 0.717) is 5.92 Å². The first kappa shape index (κ1) is 19.2. The zero-order chi connectivity index (χ0) is 19.7. The lowest BCUT2D eigenvalue weighted by atomic mass is 9.96. The van der Waals surface area contributed by atoms with E-state index in [1.165, 1.54) is 0 Å². The van der Waals surface area contributed by atoms with Gasteiger partial charge in [0, 0.05) is 68.6 Å². The number of pyridine rings is 1. The van der Waals surface area contributed by atoms with Gasteiger partial charge >= 0.3 is 0 Å². The maximum absolute atomic E-state index is 9.97. The molecular formula is C21H29N3O4. The number of hydrogen-bond donors (Lipinski definition) is 1. The summed E-state index contributed by atoms with van der Waals surface area (Å²) in [5.41, 5.74) is 3.05. The predicted molar refractivity (Wildman–Crippen MR) is 108 cm³/mol. The molecule has 28 heavy (non-hydrogen) atoms. The number of rotatable bonds is 7. The fourth-order valence-corrected chi connectivity index (χ4v) is 4.28. The number of hydrogen-bond acceptors (Lipinski definition) is 7. The highest BCUT2D eigenvalue weighted by Crippen LogP contribution is 2.40. The van der Waals surface area contributed by atoms with Gasteiger partial charge in [0.1, 0.15) is 0 Å². The van der Waals surface area contributed by atoms with Crippen LogP contribution in [0.2, 0.25) is 0 Å². The molecule has 1 aromatic heterocycles. The molecule has 152 valence electrons. The molecule has 0 saturated carbocycles. The highest BCUT2D eigenvalue weighted by molar-refractivity contribution is 5.94. The van der Waals surface area contributed by atoms with Crippen molar-refractivity contribution in [2.75, 3.05) is 65.2 Å². The number of anilines is 1. The molecule has 0 radical (unpaired) electrons. The van der Waals surface area contributed by atoms with Gasteiger partial charge in [-0.1, -0.05) is 0 Å². The first-order chi connectivity index (χ1) is 13.6. The highest BCUT2D eigenvalue weighted by Gasteiger charge is 2.34. The van der Waals surface area contributed by atoms with Gasteiger partial charge in [-0.15, -0.1) is 0 Å². The highest BCUT2D eigenvalue weighted by atomic mass is 16.7. The summed E-state index contributed by atoms with van der Waals surface area (Å²) in [4.78, 5) is 9.36. The Hall–Kier alpha value is -2.09. The molecule has 0 aliphatic carbocycles. The van der Waals surface area contributed by atoms with Crippen LogP contribution in [0.5, 0.6) is 11.5 Å². The van der Waals surface area contributed by atoms with E-state index in [9.17, 15) is 5.11 Å². The van der Waals surface area contributed by atoms with Gasteiger partial charge in [-0.05, 0) is 32.0 Å². The van der Waals surface area contributed by atoms with E-state index in [4.69, 9.17) is 19.2 Å². The summed E-state index contributed by atoms with van der Waals surface area (Å²) in [6, 6.07) is 6.13. The van der Waals surface area contributed by atoms with Crippen LogP contribution in [0.4, 0.5) is 5.69 Å². The van der Waals surface area contributed by atoms with Crippen molar-refractivity contribution in [3.63, 3.8) is 0 Å². The third kappa shape index (κ3) is 3.74. The number of fused-ring (bicyclic) bond motifs is 2. The molecule has 0 spiro atoms. The number of aryl methyl sites for hydroxylation is 1. The minimum Gasteiger partial charge on any atom is -0.454 e. The first-order valence-corrected chi connectivity index (χ1v) is 9.83. The van der Waals surface area contributed by atoms with E-state index in [1.54, 1.807) is 7.11 Å². The van der Waals surface area contributed by atoms with Crippen molar-refractivity contribution in [2.45, 2.75) is 6.92 Å². The smallest absolute Gasteiger partial charge is 0.231 e. The lowest BCUT2D eigenvalue weighted by molar-refractivity contribution is 0.136. The fraction of sp³-hybridized carbons (Fsp3) is 0.571. The molecule has 2 aliphatic rings. The number of benzene rings is 1. The molecular weight excluding hydrogens is 358 g/mol. The van der Waals surface area contributed by atoms with Crippen LogP contribution in [-0.2, 0) is 4.74 Å². The van der Waals surface area contributed by atoms with Crippen molar-refractivity contribution in [3.8, 4) is 11.5 Å². The minimum atomic E-state index is 0.202. The van der Waals surface area contributed by atoms with Crippen LogP contribution in [0.25, 0.3) is 10.9 Å². The van der Waals surface area contributed by atoms with Crippen molar-refractivity contribution < 1.29 is 19.3 Å². The van der Waals surface area contributed by atoms with Crippen molar-refractivity contribution in [1.82, 2.24) is 9.88 Å². The van der Waals surface area contributed by atoms with Crippen LogP contribution in [0.1, 0.15) is 5.69 Å². The molecule has 7 heteroatoms. The maximum Gasteiger partial charge on any atom is 0.231 e. The Morgan fingerprint density at radius 1 is 1.21 bits per heavy atom. The molecule has 0 unspecified atom stereocenters. The van der Waals surface area contributed by atoms with Crippen molar-refractivity contribution in [1.29, 1.82) is 0 Å². The average molecular weight is 387 g/mol. The second-order valence-corrected chi connectivity index (χ2v) is 7.87. The van der Waals surface area contributed by atoms with E-state index >= 15 is 0 Å². The SMILES string of the molecule is COCCN(C)C[C@@H]1CN(c2cc(C)nc3cc4c(cc23)OCO4)C[C@@H]1CO. The van der Waals surface area contributed by atoms with E-state index in [0.717, 1.165) is 66.6 Å². The number of ether oxygens (including phenoxy) is 3. The minimum absolute atomic E-state index is 0.202. The lowest BCUT2D eigenvalue weighted by Gasteiger charge is -2.24. The van der Waals surface area contributed by atoms with Gasteiger partial charge in [0.05, 0.1) is 12.1 Å². The Balaban J connectivity index is 1.61. The van der Waals surface area contributed by atoms with E-state index in [1.807, 2.05) is 19.1 Å². The number of likely N-dealkylation sites (N-methyl/N-ethyl adjacent to an activating group) is 1.